The molecule has 0 saturated carbocycles. The lowest BCUT2D eigenvalue weighted by atomic mass is 10.0. The van der Waals surface area contributed by atoms with Crippen LogP contribution in [0, 0.1) is 0 Å². The number of hydrogen-bond donors (Lipinski definition) is 2. The second-order valence-electron chi connectivity index (χ2n) is 3.88. The van der Waals surface area contributed by atoms with E-state index < -0.39 is 0 Å². The van der Waals surface area contributed by atoms with E-state index in [0.717, 1.165) is 10.9 Å². The zero-order chi connectivity index (χ0) is 11.0. The molecule has 2 aromatic rings. The molecule has 1 aromatic carbocycles. The van der Waals surface area contributed by atoms with Gasteiger partial charge in [-0.15, -0.1) is 0 Å². The van der Waals surface area contributed by atoms with Gasteiger partial charge in [-0.1, -0.05) is 12.1 Å². The van der Waals surface area contributed by atoms with Gasteiger partial charge in [0, 0.05) is 11.6 Å². The summed E-state index contributed by atoms with van der Waals surface area (Å²) in [6.07, 6.45) is 1.80. The predicted octanol–water partition coefficient (Wildman–Crippen LogP) is 1.19. The normalized spacial score (nSPS) is 19.5. The van der Waals surface area contributed by atoms with Gasteiger partial charge in [0.05, 0.1) is 18.1 Å². The maximum atomic E-state index is 5.60. The number of fused-ring (bicyclic) bond motifs is 1. The highest BCUT2D eigenvalue weighted by Crippen LogP contribution is 2.20. The Morgan fingerprint density at radius 3 is 3.06 bits per heavy atom. The van der Waals surface area contributed by atoms with E-state index in [2.05, 4.69) is 33.5 Å². The molecule has 0 fully saturated rings. The van der Waals surface area contributed by atoms with E-state index in [1.54, 1.807) is 6.20 Å². The molecule has 0 amide bonds. The smallest absolute Gasteiger partial charge is 0.189 e. The van der Waals surface area contributed by atoms with E-state index in [4.69, 9.17) is 5.73 Å². The summed E-state index contributed by atoms with van der Waals surface area (Å²) in [6.45, 7) is 0.706. The summed E-state index contributed by atoms with van der Waals surface area (Å²) >= 11 is 0. The Labute approximate surface area is 93.2 Å². The van der Waals surface area contributed by atoms with Gasteiger partial charge >= 0.3 is 0 Å². The Kier molecular flexibility index (Phi) is 1.99. The number of guanidine groups is 1. The second-order valence-corrected chi connectivity index (χ2v) is 3.88. The molecule has 0 spiro atoms. The molecule has 1 aliphatic rings. The van der Waals surface area contributed by atoms with E-state index in [-0.39, 0.29) is 6.04 Å². The number of benzene rings is 1. The summed E-state index contributed by atoms with van der Waals surface area (Å²) in [4.78, 5) is 8.43. The standard InChI is InChI=1S/C12H12N4/c13-12-15-7-11(16-12)9-3-4-10-8(6-9)2-1-5-14-10/h1-6,11H,7H2,(H3,13,15,16). The van der Waals surface area contributed by atoms with Gasteiger partial charge in [0.2, 0.25) is 0 Å². The molecule has 1 aliphatic heterocycles. The molecule has 16 heavy (non-hydrogen) atoms. The molecule has 1 unspecified atom stereocenters. The molecule has 1 atom stereocenters. The molecule has 0 radical (unpaired) electrons. The molecular formula is C12H12N4. The lowest BCUT2D eigenvalue weighted by molar-refractivity contribution is 0.708. The largest absolute Gasteiger partial charge is 0.370 e. The van der Waals surface area contributed by atoms with Gasteiger partial charge in [-0.3, -0.25) is 9.98 Å². The molecule has 0 saturated heterocycles. The molecule has 80 valence electrons. The van der Waals surface area contributed by atoms with Crippen LogP contribution in [0.2, 0.25) is 0 Å². The second kappa shape index (κ2) is 3.48. The highest BCUT2D eigenvalue weighted by molar-refractivity contribution is 5.82. The van der Waals surface area contributed by atoms with Crippen LogP contribution < -0.4 is 11.1 Å². The van der Waals surface area contributed by atoms with Crippen molar-refractivity contribution in [2.45, 2.75) is 6.04 Å². The highest BCUT2D eigenvalue weighted by atomic mass is 15.2. The fourth-order valence-corrected chi connectivity index (χ4v) is 1.96. The lowest BCUT2D eigenvalue weighted by Gasteiger charge is -2.11. The van der Waals surface area contributed by atoms with E-state index in [1.165, 1.54) is 5.56 Å². The van der Waals surface area contributed by atoms with Gasteiger partial charge in [0.1, 0.15) is 0 Å². The molecule has 3 rings (SSSR count). The van der Waals surface area contributed by atoms with Crippen molar-refractivity contribution >= 4 is 16.9 Å². The average molecular weight is 212 g/mol. The first-order chi connectivity index (χ1) is 7.83. The number of nitrogens with two attached hydrogens (primary N) is 1. The molecule has 0 aliphatic carbocycles. The van der Waals surface area contributed by atoms with E-state index >= 15 is 0 Å². The number of aliphatic imine (C=N–C) groups is 1. The zero-order valence-electron chi connectivity index (χ0n) is 8.72. The van der Waals surface area contributed by atoms with Crippen molar-refractivity contribution < 1.29 is 0 Å². The minimum absolute atomic E-state index is 0.199. The number of nitrogens with one attached hydrogen (secondary N) is 1. The van der Waals surface area contributed by atoms with Gasteiger partial charge in [0.15, 0.2) is 5.96 Å². The maximum Gasteiger partial charge on any atom is 0.189 e. The minimum Gasteiger partial charge on any atom is -0.370 e. The van der Waals surface area contributed by atoms with Gasteiger partial charge in [-0.25, -0.2) is 0 Å². The van der Waals surface area contributed by atoms with Crippen LogP contribution in [0.15, 0.2) is 41.5 Å². The van der Waals surface area contributed by atoms with Crippen molar-refractivity contribution in [3.05, 3.63) is 42.1 Å². The summed E-state index contributed by atoms with van der Waals surface area (Å²) < 4.78 is 0. The Balaban J connectivity index is 1.99. The number of rotatable bonds is 1. The van der Waals surface area contributed by atoms with Crippen LogP contribution in [0.1, 0.15) is 11.6 Å². The van der Waals surface area contributed by atoms with Crippen molar-refractivity contribution in [3.8, 4) is 0 Å². The number of pyridine rings is 1. The van der Waals surface area contributed by atoms with Crippen molar-refractivity contribution in [2.75, 3.05) is 6.54 Å². The van der Waals surface area contributed by atoms with E-state index in [0.29, 0.717) is 12.5 Å². The Hall–Kier alpha value is -2.10. The molecule has 2 heterocycles. The summed E-state index contributed by atoms with van der Waals surface area (Å²) in [5.41, 5.74) is 7.81. The van der Waals surface area contributed by atoms with Gasteiger partial charge < -0.3 is 11.1 Å². The number of aromatic nitrogens is 1. The Bertz CT molecular complexity index is 562. The third-order valence-corrected chi connectivity index (χ3v) is 2.80. The van der Waals surface area contributed by atoms with Gasteiger partial charge in [-0.2, -0.15) is 0 Å². The zero-order valence-corrected chi connectivity index (χ0v) is 8.72. The summed E-state index contributed by atoms with van der Waals surface area (Å²) in [7, 11) is 0. The molecule has 3 N–H and O–H groups in total. The molecular weight excluding hydrogens is 200 g/mol. The Morgan fingerprint density at radius 1 is 1.31 bits per heavy atom. The molecule has 4 heteroatoms. The van der Waals surface area contributed by atoms with Crippen molar-refractivity contribution in [3.63, 3.8) is 0 Å². The van der Waals surface area contributed by atoms with Gasteiger partial charge in [-0.05, 0) is 23.8 Å². The van der Waals surface area contributed by atoms with Crippen LogP contribution in [-0.4, -0.2) is 17.5 Å². The van der Waals surface area contributed by atoms with Gasteiger partial charge in [0.25, 0.3) is 0 Å². The first kappa shape index (κ1) is 9.15. The van der Waals surface area contributed by atoms with Crippen LogP contribution in [0.3, 0.4) is 0 Å². The van der Waals surface area contributed by atoms with Crippen LogP contribution in [0.25, 0.3) is 10.9 Å². The minimum atomic E-state index is 0.199. The SMILES string of the molecule is NC1=NCC(c2ccc3ncccc3c2)N1. The highest BCUT2D eigenvalue weighted by Gasteiger charge is 2.17. The Morgan fingerprint density at radius 2 is 2.25 bits per heavy atom. The first-order valence-corrected chi connectivity index (χ1v) is 5.24. The monoisotopic (exact) mass is 212 g/mol. The quantitative estimate of drug-likeness (QED) is 0.746. The first-order valence-electron chi connectivity index (χ1n) is 5.24. The topological polar surface area (TPSA) is 63.3 Å². The van der Waals surface area contributed by atoms with Crippen molar-refractivity contribution in [1.29, 1.82) is 0 Å². The van der Waals surface area contributed by atoms with Crippen LogP contribution in [0.5, 0.6) is 0 Å². The number of nitrogens with zero attached hydrogens (tertiary/aromatic N) is 2. The molecule has 1 aromatic heterocycles. The number of hydrogen-bond acceptors (Lipinski definition) is 4. The fraction of sp³-hybridized carbons (Fsp3) is 0.167. The third-order valence-electron chi connectivity index (χ3n) is 2.80. The van der Waals surface area contributed by atoms with Crippen LogP contribution >= 0.6 is 0 Å². The lowest BCUT2D eigenvalue weighted by Crippen LogP contribution is -2.29. The molecule has 4 nitrogen and oxygen atoms in total. The van der Waals surface area contributed by atoms with E-state index in [1.807, 2.05) is 12.1 Å². The molecule has 0 bridgehead atoms. The fourth-order valence-electron chi connectivity index (χ4n) is 1.96. The average Bonchev–Trinajstić information content (AvgIpc) is 2.75. The van der Waals surface area contributed by atoms with Crippen molar-refractivity contribution in [1.82, 2.24) is 10.3 Å². The van der Waals surface area contributed by atoms with Crippen LogP contribution in [-0.2, 0) is 0 Å². The maximum absolute atomic E-state index is 5.60. The van der Waals surface area contributed by atoms with Crippen molar-refractivity contribution in [2.24, 2.45) is 10.7 Å². The predicted molar refractivity (Wildman–Crippen MR) is 64.1 cm³/mol. The third kappa shape index (κ3) is 1.48. The summed E-state index contributed by atoms with van der Waals surface area (Å²) in [5.74, 6) is 0.524. The van der Waals surface area contributed by atoms with E-state index in [9.17, 15) is 0 Å². The summed E-state index contributed by atoms with van der Waals surface area (Å²) in [5, 5.41) is 4.29. The summed E-state index contributed by atoms with van der Waals surface area (Å²) in [6, 6.07) is 10.4. The van der Waals surface area contributed by atoms with Crippen LogP contribution in [0.4, 0.5) is 0 Å².